The Kier molecular flexibility index (Phi) is 3.97. The molecule has 0 amide bonds. The first-order valence-corrected chi connectivity index (χ1v) is 7.23. The Morgan fingerprint density at radius 2 is 1.81 bits per heavy atom. The van der Waals surface area contributed by atoms with Crippen molar-refractivity contribution < 1.29 is 4.92 Å². The molecule has 4 nitrogen and oxygen atoms in total. The van der Waals surface area contributed by atoms with E-state index in [1.165, 1.54) is 11.1 Å². The van der Waals surface area contributed by atoms with Crippen molar-refractivity contribution in [1.29, 1.82) is 0 Å². The van der Waals surface area contributed by atoms with Gasteiger partial charge in [-0.1, -0.05) is 42.5 Å². The first-order valence-electron chi connectivity index (χ1n) is 7.23. The van der Waals surface area contributed by atoms with Crippen LogP contribution in [0.2, 0.25) is 0 Å². The van der Waals surface area contributed by atoms with Crippen molar-refractivity contribution >= 4 is 5.69 Å². The van der Waals surface area contributed by atoms with E-state index >= 15 is 0 Å². The fraction of sp³-hybridized carbons (Fsp3) is 0.294. The molecule has 2 aromatic carbocycles. The highest BCUT2D eigenvalue weighted by atomic mass is 16.6. The van der Waals surface area contributed by atoms with Gasteiger partial charge in [-0.25, -0.2) is 0 Å². The molecular formula is C17H18N2O2. The van der Waals surface area contributed by atoms with Crippen LogP contribution in [-0.4, -0.2) is 22.9 Å². The van der Waals surface area contributed by atoms with Crippen molar-refractivity contribution in [2.45, 2.75) is 18.9 Å². The van der Waals surface area contributed by atoms with Crippen LogP contribution >= 0.6 is 0 Å². The zero-order chi connectivity index (χ0) is 14.7. The van der Waals surface area contributed by atoms with Crippen LogP contribution in [0.3, 0.4) is 0 Å². The van der Waals surface area contributed by atoms with Gasteiger partial charge in [0.15, 0.2) is 0 Å². The summed E-state index contributed by atoms with van der Waals surface area (Å²) in [5.74, 6) is 0.481. The van der Waals surface area contributed by atoms with Crippen molar-refractivity contribution in [3.63, 3.8) is 0 Å². The van der Waals surface area contributed by atoms with E-state index in [9.17, 15) is 10.1 Å². The van der Waals surface area contributed by atoms with Gasteiger partial charge in [0.1, 0.15) is 0 Å². The van der Waals surface area contributed by atoms with Gasteiger partial charge in [0, 0.05) is 25.2 Å². The van der Waals surface area contributed by atoms with Crippen molar-refractivity contribution in [1.82, 2.24) is 4.90 Å². The fourth-order valence-electron chi connectivity index (χ4n) is 2.96. The summed E-state index contributed by atoms with van der Waals surface area (Å²) in [6, 6.07) is 17.5. The molecule has 1 atom stereocenters. The first-order chi connectivity index (χ1) is 10.2. The zero-order valence-electron chi connectivity index (χ0n) is 11.8. The Labute approximate surface area is 124 Å². The van der Waals surface area contributed by atoms with E-state index in [2.05, 4.69) is 29.2 Å². The third-order valence-electron chi connectivity index (χ3n) is 4.10. The van der Waals surface area contributed by atoms with Gasteiger partial charge in [0.2, 0.25) is 0 Å². The second-order valence-corrected chi connectivity index (χ2v) is 5.55. The number of nitro benzene ring substituents is 1. The molecule has 0 aliphatic carbocycles. The van der Waals surface area contributed by atoms with E-state index in [4.69, 9.17) is 0 Å². The minimum Gasteiger partial charge on any atom is -0.298 e. The normalized spacial score (nSPS) is 18.8. The first kappa shape index (κ1) is 13.8. The maximum Gasteiger partial charge on any atom is 0.269 e. The van der Waals surface area contributed by atoms with Crippen LogP contribution in [0.4, 0.5) is 5.69 Å². The number of likely N-dealkylation sites (tertiary alicyclic amines) is 1. The minimum atomic E-state index is -0.347. The number of hydrogen-bond acceptors (Lipinski definition) is 3. The summed E-state index contributed by atoms with van der Waals surface area (Å²) in [6.45, 7) is 3.08. The lowest BCUT2D eigenvalue weighted by Gasteiger charge is -2.16. The van der Waals surface area contributed by atoms with Crippen LogP contribution in [-0.2, 0) is 6.54 Å². The smallest absolute Gasteiger partial charge is 0.269 e. The number of non-ortho nitro benzene ring substituents is 1. The standard InChI is InChI=1S/C17H18N2O2/c20-19(21)17-8-6-15(7-9-17)16-10-11-18(13-16)12-14-4-2-1-3-5-14/h1-9,16H,10-13H2. The summed E-state index contributed by atoms with van der Waals surface area (Å²) in [6.07, 6.45) is 1.12. The van der Waals surface area contributed by atoms with E-state index in [0.717, 1.165) is 26.1 Å². The quantitative estimate of drug-likeness (QED) is 0.636. The lowest BCUT2D eigenvalue weighted by atomic mass is 9.98. The molecule has 21 heavy (non-hydrogen) atoms. The number of benzene rings is 2. The molecule has 3 rings (SSSR count). The predicted octanol–water partition coefficient (Wildman–Crippen LogP) is 3.58. The largest absolute Gasteiger partial charge is 0.298 e. The Bertz CT molecular complexity index is 610. The molecule has 0 aromatic heterocycles. The van der Waals surface area contributed by atoms with Crippen LogP contribution < -0.4 is 0 Å². The van der Waals surface area contributed by atoms with Gasteiger partial charge in [0.25, 0.3) is 5.69 Å². The Hall–Kier alpha value is -2.20. The third kappa shape index (κ3) is 3.28. The second-order valence-electron chi connectivity index (χ2n) is 5.55. The van der Waals surface area contributed by atoms with E-state index in [1.807, 2.05) is 18.2 Å². The van der Waals surface area contributed by atoms with Crippen molar-refractivity contribution in [2.75, 3.05) is 13.1 Å². The Balaban J connectivity index is 1.62. The Morgan fingerprint density at radius 3 is 2.48 bits per heavy atom. The molecule has 0 N–H and O–H groups in total. The Morgan fingerprint density at radius 1 is 1.10 bits per heavy atom. The van der Waals surface area contributed by atoms with Crippen LogP contribution in [0.15, 0.2) is 54.6 Å². The highest BCUT2D eigenvalue weighted by molar-refractivity contribution is 5.35. The summed E-state index contributed by atoms with van der Waals surface area (Å²) in [4.78, 5) is 12.8. The zero-order valence-corrected chi connectivity index (χ0v) is 11.8. The third-order valence-corrected chi connectivity index (χ3v) is 4.10. The van der Waals surface area contributed by atoms with Gasteiger partial charge in [-0.3, -0.25) is 15.0 Å². The SMILES string of the molecule is O=[N+]([O-])c1ccc(C2CCN(Cc3ccccc3)C2)cc1. The molecule has 1 fully saturated rings. The van der Waals surface area contributed by atoms with Crippen LogP contribution in [0.1, 0.15) is 23.5 Å². The monoisotopic (exact) mass is 282 g/mol. The van der Waals surface area contributed by atoms with Crippen LogP contribution in [0, 0.1) is 10.1 Å². The van der Waals surface area contributed by atoms with Gasteiger partial charge in [-0.2, -0.15) is 0 Å². The van der Waals surface area contributed by atoms with Gasteiger partial charge < -0.3 is 0 Å². The molecule has 0 bridgehead atoms. The summed E-state index contributed by atoms with van der Waals surface area (Å²) in [5, 5.41) is 10.7. The summed E-state index contributed by atoms with van der Waals surface area (Å²) in [5.41, 5.74) is 2.70. The average Bonchev–Trinajstić information content (AvgIpc) is 2.97. The van der Waals surface area contributed by atoms with E-state index in [-0.39, 0.29) is 10.6 Å². The molecule has 1 aliphatic heterocycles. The van der Waals surface area contributed by atoms with Crippen LogP contribution in [0.5, 0.6) is 0 Å². The van der Waals surface area contributed by atoms with E-state index in [0.29, 0.717) is 5.92 Å². The summed E-state index contributed by atoms with van der Waals surface area (Å²) in [7, 11) is 0. The molecular weight excluding hydrogens is 264 g/mol. The second kappa shape index (κ2) is 6.06. The molecule has 1 aliphatic rings. The van der Waals surface area contributed by atoms with E-state index < -0.39 is 0 Å². The molecule has 0 radical (unpaired) electrons. The topological polar surface area (TPSA) is 46.4 Å². The molecule has 4 heteroatoms. The molecule has 1 saturated heterocycles. The molecule has 2 aromatic rings. The lowest BCUT2D eigenvalue weighted by Crippen LogP contribution is -2.19. The maximum atomic E-state index is 10.7. The molecule has 0 spiro atoms. The molecule has 1 heterocycles. The van der Waals surface area contributed by atoms with Gasteiger partial charge in [-0.15, -0.1) is 0 Å². The number of rotatable bonds is 4. The predicted molar refractivity (Wildman–Crippen MR) is 82.2 cm³/mol. The molecule has 1 unspecified atom stereocenters. The van der Waals surface area contributed by atoms with Crippen molar-refractivity contribution in [3.8, 4) is 0 Å². The average molecular weight is 282 g/mol. The van der Waals surface area contributed by atoms with Gasteiger partial charge in [-0.05, 0) is 30.0 Å². The van der Waals surface area contributed by atoms with Crippen molar-refractivity contribution in [2.24, 2.45) is 0 Å². The number of nitro groups is 1. The van der Waals surface area contributed by atoms with Gasteiger partial charge >= 0.3 is 0 Å². The fourth-order valence-corrected chi connectivity index (χ4v) is 2.96. The number of hydrogen-bond donors (Lipinski definition) is 0. The highest BCUT2D eigenvalue weighted by Crippen LogP contribution is 2.29. The minimum absolute atomic E-state index is 0.165. The van der Waals surface area contributed by atoms with Crippen molar-refractivity contribution in [3.05, 3.63) is 75.8 Å². The summed E-state index contributed by atoms with van der Waals surface area (Å²) >= 11 is 0. The lowest BCUT2D eigenvalue weighted by molar-refractivity contribution is -0.384. The maximum absolute atomic E-state index is 10.7. The number of nitrogens with zero attached hydrogens (tertiary/aromatic N) is 2. The van der Waals surface area contributed by atoms with E-state index in [1.54, 1.807) is 12.1 Å². The van der Waals surface area contributed by atoms with Crippen LogP contribution in [0.25, 0.3) is 0 Å². The highest BCUT2D eigenvalue weighted by Gasteiger charge is 2.24. The van der Waals surface area contributed by atoms with Gasteiger partial charge in [0.05, 0.1) is 4.92 Å². The molecule has 108 valence electrons. The summed E-state index contributed by atoms with van der Waals surface area (Å²) < 4.78 is 0. The molecule has 0 saturated carbocycles.